The van der Waals surface area contributed by atoms with Gasteiger partial charge in [-0.2, -0.15) is 11.3 Å². The number of hydrogen-bond acceptors (Lipinski definition) is 5. The third-order valence-corrected chi connectivity index (χ3v) is 3.93. The number of nitro groups is 1. The summed E-state index contributed by atoms with van der Waals surface area (Å²) in [5, 5.41) is 14.6. The topological polar surface area (TPSA) is 72.7 Å². The predicted molar refractivity (Wildman–Crippen MR) is 84.4 cm³/mol. The number of likely N-dealkylation sites (N-methyl/N-ethyl adjacent to an activating group) is 1. The molecule has 0 saturated heterocycles. The summed E-state index contributed by atoms with van der Waals surface area (Å²) >= 11 is 7.47. The highest BCUT2D eigenvalue weighted by molar-refractivity contribution is 7.07. The van der Waals surface area contributed by atoms with Crippen LogP contribution in [-0.2, 0) is 11.3 Å². The van der Waals surface area contributed by atoms with E-state index in [1.54, 1.807) is 23.3 Å². The lowest BCUT2D eigenvalue weighted by molar-refractivity contribution is -0.384. The van der Waals surface area contributed by atoms with Gasteiger partial charge in [0.15, 0.2) is 6.61 Å². The van der Waals surface area contributed by atoms with Gasteiger partial charge in [0, 0.05) is 25.7 Å². The van der Waals surface area contributed by atoms with Crippen molar-refractivity contribution in [3.8, 4) is 5.75 Å². The fourth-order valence-corrected chi connectivity index (χ4v) is 2.60. The molecule has 2 rings (SSSR count). The van der Waals surface area contributed by atoms with Gasteiger partial charge in [0.25, 0.3) is 11.6 Å². The molecule has 0 atom stereocenters. The van der Waals surface area contributed by atoms with Gasteiger partial charge in [0.2, 0.25) is 0 Å². The first kappa shape index (κ1) is 16.3. The standard InChI is InChI=1S/C14H13ClN2O4S/c1-16(7-10-4-5-22-9-10)14(18)8-21-13-3-2-11(17(19)20)6-12(13)15/h2-6,9H,7-8H2,1H3. The molecule has 0 bridgehead atoms. The smallest absolute Gasteiger partial charge is 0.271 e. The van der Waals surface area contributed by atoms with E-state index >= 15 is 0 Å². The van der Waals surface area contributed by atoms with Crippen LogP contribution in [-0.4, -0.2) is 29.4 Å². The Morgan fingerprint density at radius 1 is 1.45 bits per heavy atom. The lowest BCUT2D eigenvalue weighted by Crippen LogP contribution is -2.30. The molecule has 6 nitrogen and oxygen atoms in total. The van der Waals surface area contributed by atoms with E-state index in [1.165, 1.54) is 18.2 Å². The van der Waals surface area contributed by atoms with Crippen molar-refractivity contribution in [3.05, 3.63) is 55.7 Å². The van der Waals surface area contributed by atoms with E-state index < -0.39 is 4.92 Å². The number of nitro benzene ring substituents is 1. The monoisotopic (exact) mass is 340 g/mol. The minimum atomic E-state index is -0.546. The zero-order valence-electron chi connectivity index (χ0n) is 11.7. The number of nitrogens with zero attached hydrogens (tertiary/aromatic N) is 2. The van der Waals surface area contributed by atoms with E-state index in [4.69, 9.17) is 16.3 Å². The van der Waals surface area contributed by atoms with Crippen molar-refractivity contribution in [2.45, 2.75) is 6.54 Å². The molecule has 0 unspecified atom stereocenters. The fraction of sp³-hybridized carbons (Fsp3) is 0.214. The molecule has 0 fully saturated rings. The van der Waals surface area contributed by atoms with Crippen molar-refractivity contribution in [2.24, 2.45) is 0 Å². The highest BCUT2D eigenvalue weighted by Gasteiger charge is 2.14. The number of non-ortho nitro benzene ring substituents is 1. The molecule has 0 saturated carbocycles. The SMILES string of the molecule is CN(Cc1ccsc1)C(=O)COc1ccc([N+](=O)[O-])cc1Cl. The lowest BCUT2D eigenvalue weighted by atomic mass is 10.3. The van der Waals surface area contributed by atoms with E-state index in [0.29, 0.717) is 6.54 Å². The third kappa shape index (κ3) is 4.19. The fourth-order valence-electron chi connectivity index (χ4n) is 1.71. The average Bonchev–Trinajstić information content (AvgIpc) is 2.98. The van der Waals surface area contributed by atoms with Crippen LogP contribution in [0.25, 0.3) is 0 Å². The predicted octanol–water partition coefficient (Wildman–Crippen LogP) is 3.35. The highest BCUT2D eigenvalue weighted by atomic mass is 35.5. The van der Waals surface area contributed by atoms with Crippen molar-refractivity contribution in [2.75, 3.05) is 13.7 Å². The van der Waals surface area contributed by atoms with Gasteiger partial charge in [-0.05, 0) is 28.5 Å². The molecule has 22 heavy (non-hydrogen) atoms. The van der Waals surface area contributed by atoms with Crippen LogP contribution in [0.5, 0.6) is 5.75 Å². The van der Waals surface area contributed by atoms with Crippen LogP contribution in [0.2, 0.25) is 5.02 Å². The van der Waals surface area contributed by atoms with E-state index in [9.17, 15) is 14.9 Å². The molecule has 0 radical (unpaired) electrons. The number of thiophene rings is 1. The molecule has 0 spiro atoms. The minimum absolute atomic E-state index is 0.0995. The molecule has 2 aromatic rings. The normalized spacial score (nSPS) is 10.3. The van der Waals surface area contributed by atoms with Gasteiger partial charge >= 0.3 is 0 Å². The van der Waals surface area contributed by atoms with Crippen molar-refractivity contribution in [1.82, 2.24) is 4.90 Å². The van der Waals surface area contributed by atoms with Crippen molar-refractivity contribution < 1.29 is 14.5 Å². The van der Waals surface area contributed by atoms with E-state index in [0.717, 1.165) is 5.56 Å². The van der Waals surface area contributed by atoms with Gasteiger partial charge < -0.3 is 9.64 Å². The van der Waals surface area contributed by atoms with Crippen LogP contribution >= 0.6 is 22.9 Å². The Bertz CT molecular complexity index is 675. The summed E-state index contributed by atoms with van der Waals surface area (Å²) in [6.07, 6.45) is 0. The maximum absolute atomic E-state index is 12.0. The number of amides is 1. The second-order valence-electron chi connectivity index (χ2n) is 4.54. The average molecular weight is 341 g/mol. The number of ether oxygens (including phenoxy) is 1. The van der Waals surface area contributed by atoms with Crippen LogP contribution in [0.4, 0.5) is 5.69 Å². The number of benzene rings is 1. The molecule has 116 valence electrons. The van der Waals surface area contributed by atoms with E-state index in [1.807, 2.05) is 16.8 Å². The summed E-state index contributed by atoms with van der Waals surface area (Å²) in [5.74, 6) is 0.0326. The van der Waals surface area contributed by atoms with E-state index in [-0.39, 0.29) is 29.0 Å². The molecule has 0 aliphatic heterocycles. The molecule has 1 aromatic carbocycles. The van der Waals surface area contributed by atoms with Gasteiger partial charge in [-0.3, -0.25) is 14.9 Å². The molecule has 8 heteroatoms. The number of carbonyl (C=O) groups excluding carboxylic acids is 1. The molecule has 1 aromatic heterocycles. The molecule has 0 N–H and O–H groups in total. The summed E-state index contributed by atoms with van der Waals surface area (Å²) in [6.45, 7) is 0.317. The maximum Gasteiger partial charge on any atom is 0.271 e. The Kier molecular flexibility index (Phi) is 5.35. The van der Waals surface area contributed by atoms with Crippen LogP contribution in [0.3, 0.4) is 0 Å². The first-order valence-corrected chi connectivity index (χ1v) is 7.61. The second-order valence-corrected chi connectivity index (χ2v) is 5.73. The van der Waals surface area contributed by atoms with Crippen LogP contribution in [0.15, 0.2) is 35.0 Å². The van der Waals surface area contributed by atoms with Crippen molar-refractivity contribution in [1.29, 1.82) is 0 Å². The molecule has 1 amide bonds. The largest absolute Gasteiger partial charge is 0.482 e. The number of carbonyl (C=O) groups is 1. The Morgan fingerprint density at radius 2 is 2.23 bits per heavy atom. The second kappa shape index (κ2) is 7.24. The summed E-state index contributed by atoms with van der Waals surface area (Å²) in [7, 11) is 1.68. The number of hydrogen-bond donors (Lipinski definition) is 0. The summed E-state index contributed by atoms with van der Waals surface area (Å²) < 4.78 is 5.33. The summed E-state index contributed by atoms with van der Waals surface area (Å²) in [6, 6.07) is 5.80. The zero-order valence-corrected chi connectivity index (χ0v) is 13.3. The summed E-state index contributed by atoms with van der Waals surface area (Å²) in [4.78, 5) is 23.6. The van der Waals surface area contributed by atoms with Crippen LogP contribution in [0, 0.1) is 10.1 Å². The van der Waals surface area contributed by atoms with Gasteiger partial charge in [0.05, 0.1) is 9.95 Å². The van der Waals surface area contributed by atoms with E-state index in [2.05, 4.69) is 0 Å². The Hall–Kier alpha value is -2.12. The molecule has 0 aliphatic carbocycles. The van der Waals surface area contributed by atoms with Gasteiger partial charge in [-0.15, -0.1) is 0 Å². The maximum atomic E-state index is 12.0. The molecular weight excluding hydrogens is 328 g/mol. The quantitative estimate of drug-likeness (QED) is 0.597. The minimum Gasteiger partial charge on any atom is -0.482 e. The summed E-state index contributed by atoms with van der Waals surface area (Å²) in [5.41, 5.74) is 0.924. The highest BCUT2D eigenvalue weighted by Crippen LogP contribution is 2.28. The molecule has 0 aliphatic rings. The first-order valence-electron chi connectivity index (χ1n) is 6.29. The third-order valence-electron chi connectivity index (χ3n) is 2.90. The lowest BCUT2D eigenvalue weighted by Gasteiger charge is -2.17. The number of rotatable bonds is 6. The zero-order chi connectivity index (χ0) is 16.1. The Balaban J connectivity index is 1.92. The van der Waals surface area contributed by atoms with Gasteiger partial charge in [-0.1, -0.05) is 11.6 Å². The molecule has 1 heterocycles. The van der Waals surface area contributed by atoms with Crippen LogP contribution < -0.4 is 4.74 Å². The number of halogens is 1. The van der Waals surface area contributed by atoms with Crippen molar-refractivity contribution >= 4 is 34.5 Å². The van der Waals surface area contributed by atoms with Gasteiger partial charge in [-0.25, -0.2) is 0 Å². The van der Waals surface area contributed by atoms with Crippen LogP contribution in [0.1, 0.15) is 5.56 Å². The van der Waals surface area contributed by atoms with Gasteiger partial charge in [0.1, 0.15) is 5.75 Å². The molecular formula is C14H13ClN2O4S. The Labute approximate surface area is 136 Å². The first-order chi connectivity index (χ1) is 10.5. The van der Waals surface area contributed by atoms with Crippen molar-refractivity contribution in [3.63, 3.8) is 0 Å². The Morgan fingerprint density at radius 3 is 2.82 bits per heavy atom.